The average Bonchev–Trinajstić information content (AvgIpc) is 2.42. The van der Waals surface area contributed by atoms with Gasteiger partial charge in [-0.05, 0) is 31.2 Å². The lowest BCUT2D eigenvalue weighted by atomic mass is 10.3. The Hall–Kier alpha value is -2.96. The summed E-state index contributed by atoms with van der Waals surface area (Å²) < 4.78 is 4.98. The number of carbonyl (C=O) groups is 1. The van der Waals surface area contributed by atoms with E-state index in [2.05, 4.69) is 10.3 Å². The van der Waals surface area contributed by atoms with Gasteiger partial charge in [-0.1, -0.05) is 0 Å². The van der Waals surface area contributed by atoms with E-state index in [4.69, 9.17) is 4.74 Å². The van der Waals surface area contributed by atoms with Crippen molar-refractivity contribution in [3.8, 4) is 5.75 Å². The van der Waals surface area contributed by atoms with Crippen LogP contribution in [-0.4, -0.2) is 16.0 Å². The number of pyridine rings is 1. The second-order valence-corrected chi connectivity index (χ2v) is 3.95. The highest BCUT2D eigenvalue weighted by Gasteiger charge is 2.08. The molecule has 0 spiro atoms. The van der Waals surface area contributed by atoms with Crippen molar-refractivity contribution in [3.63, 3.8) is 0 Å². The smallest absolute Gasteiger partial charge is 0.410 e. The number of nitrogens with one attached hydrogen (secondary N) is 1. The minimum Gasteiger partial charge on any atom is -0.410 e. The third kappa shape index (κ3) is 3.52. The fourth-order valence-corrected chi connectivity index (χ4v) is 1.43. The number of benzene rings is 1. The Labute approximate surface area is 114 Å². The van der Waals surface area contributed by atoms with Crippen LogP contribution in [0.25, 0.3) is 0 Å². The first kappa shape index (κ1) is 13.5. The fraction of sp³-hybridized carbons (Fsp3) is 0.0769. The van der Waals surface area contributed by atoms with Crippen molar-refractivity contribution in [2.24, 2.45) is 0 Å². The predicted molar refractivity (Wildman–Crippen MR) is 71.7 cm³/mol. The Kier molecular flexibility index (Phi) is 3.90. The number of aromatic nitrogens is 1. The van der Waals surface area contributed by atoms with Crippen molar-refractivity contribution in [2.75, 3.05) is 5.32 Å². The number of carbonyl (C=O) groups excluding carboxylic acids is 1. The van der Waals surface area contributed by atoms with Crippen LogP contribution in [0.1, 0.15) is 5.69 Å². The van der Waals surface area contributed by atoms with E-state index in [1.807, 2.05) is 6.92 Å². The molecule has 0 aliphatic rings. The SMILES string of the molecule is Cc1ccc(NC(=O)Oc2ccc([N+](=O)[O-])cc2)cn1. The highest BCUT2D eigenvalue weighted by Crippen LogP contribution is 2.17. The molecular weight excluding hydrogens is 262 g/mol. The maximum atomic E-state index is 11.6. The van der Waals surface area contributed by atoms with Crippen LogP contribution in [-0.2, 0) is 0 Å². The summed E-state index contributed by atoms with van der Waals surface area (Å²) >= 11 is 0. The summed E-state index contributed by atoms with van der Waals surface area (Å²) in [6, 6.07) is 8.67. The van der Waals surface area contributed by atoms with Gasteiger partial charge in [0.05, 0.1) is 16.8 Å². The summed E-state index contributed by atoms with van der Waals surface area (Å²) in [4.78, 5) is 25.6. The molecule has 1 heterocycles. The molecule has 0 atom stereocenters. The number of rotatable bonds is 3. The van der Waals surface area contributed by atoms with Crippen LogP contribution in [0.5, 0.6) is 5.75 Å². The number of hydrogen-bond acceptors (Lipinski definition) is 5. The lowest BCUT2D eigenvalue weighted by Crippen LogP contribution is -2.16. The van der Waals surface area contributed by atoms with E-state index in [0.717, 1.165) is 5.69 Å². The monoisotopic (exact) mass is 273 g/mol. The number of anilines is 1. The summed E-state index contributed by atoms with van der Waals surface area (Å²) in [7, 11) is 0. The van der Waals surface area contributed by atoms with E-state index < -0.39 is 11.0 Å². The molecule has 1 N–H and O–H groups in total. The predicted octanol–water partition coefficient (Wildman–Crippen LogP) is 2.91. The van der Waals surface area contributed by atoms with Crippen molar-refractivity contribution in [2.45, 2.75) is 6.92 Å². The molecule has 0 bridgehead atoms. The third-order valence-electron chi connectivity index (χ3n) is 2.42. The van der Waals surface area contributed by atoms with E-state index in [1.165, 1.54) is 30.5 Å². The molecule has 0 aliphatic carbocycles. The van der Waals surface area contributed by atoms with Crippen molar-refractivity contribution < 1.29 is 14.5 Å². The van der Waals surface area contributed by atoms with Crippen molar-refractivity contribution in [3.05, 3.63) is 58.4 Å². The van der Waals surface area contributed by atoms with Gasteiger partial charge in [-0.15, -0.1) is 0 Å². The molecular formula is C13H11N3O4. The number of ether oxygens (including phenoxy) is 1. The van der Waals surface area contributed by atoms with Gasteiger partial charge in [0.2, 0.25) is 0 Å². The van der Waals surface area contributed by atoms with Crippen molar-refractivity contribution >= 4 is 17.5 Å². The molecule has 7 nitrogen and oxygen atoms in total. The Morgan fingerprint density at radius 3 is 2.50 bits per heavy atom. The van der Waals surface area contributed by atoms with Crippen molar-refractivity contribution in [1.29, 1.82) is 0 Å². The number of nitro groups is 1. The Bertz CT molecular complexity index is 623. The number of non-ortho nitro benzene ring substituents is 1. The molecule has 0 aliphatic heterocycles. The summed E-state index contributed by atoms with van der Waals surface area (Å²) in [5.74, 6) is 0.216. The Balaban J connectivity index is 1.97. The first-order valence-electron chi connectivity index (χ1n) is 5.70. The number of amides is 1. The molecule has 1 amide bonds. The van der Waals surface area contributed by atoms with Crippen LogP contribution in [0.15, 0.2) is 42.6 Å². The van der Waals surface area contributed by atoms with Crippen LogP contribution in [0.3, 0.4) is 0 Å². The van der Waals surface area contributed by atoms with E-state index in [0.29, 0.717) is 5.69 Å². The van der Waals surface area contributed by atoms with Crippen LogP contribution < -0.4 is 10.1 Å². The average molecular weight is 273 g/mol. The van der Waals surface area contributed by atoms with Gasteiger partial charge in [-0.2, -0.15) is 0 Å². The molecule has 1 aromatic carbocycles. The van der Waals surface area contributed by atoms with Crippen LogP contribution in [0.4, 0.5) is 16.2 Å². The first-order valence-corrected chi connectivity index (χ1v) is 5.70. The van der Waals surface area contributed by atoms with E-state index in [9.17, 15) is 14.9 Å². The molecule has 102 valence electrons. The van der Waals surface area contributed by atoms with Gasteiger partial charge in [0.25, 0.3) is 5.69 Å². The second-order valence-electron chi connectivity index (χ2n) is 3.95. The van der Waals surface area contributed by atoms with Crippen LogP contribution in [0.2, 0.25) is 0 Å². The maximum Gasteiger partial charge on any atom is 0.417 e. The molecule has 2 rings (SSSR count). The van der Waals surface area contributed by atoms with Crippen LogP contribution in [0, 0.1) is 17.0 Å². The van der Waals surface area contributed by atoms with Gasteiger partial charge in [-0.25, -0.2) is 4.79 Å². The van der Waals surface area contributed by atoms with Gasteiger partial charge in [0.1, 0.15) is 5.75 Å². The maximum absolute atomic E-state index is 11.6. The topological polar surface area (TPSA) is 94.4 Å². The van der Waals surface area contributed by atoms with Gasteiger partial charge < -0.3 is 4.74 Å². The van der Waals surface area contributed by atoms with Gasteiger partial charge >= 0.3 is 6.09 Å². The molecule has 0 fully saturated rings. The number of hydrogen-bond donors (Lipinski definition) is 1. The Morgan fingerprint density at radius 1 is 1.25 bits per heavy atom. The third-order valence-corrected chi connectivity index (χ3v) is 2.42. The van der Waals surface area contributed by atoms with E-state index >= 15 is 0 Å². The first-order chi connectivity index (χ1) is 9.54. The van der Waals surface area contributed by atoms with Crippen LogP contribution >= 0.6 is 0 Å². The lowest BCUT2D eigenvalue weighted by Gasteiger charge is -2.06. The fourth-order valence-electron chi connectivity index (χ4n) is 1.43. The zero-order valence-electron chi connectivity index (χ0n) is 10.6. The van der Waals surface area contributed by atoms with E-state index in [-0.39, 0.29) is 11.4 Å². The summed E-state index contributed by atoms with van der Waals surface area (Å²) in [6.07, 6.45) is 0.816. The summed E-state index contributed by atoms with van der Waals surface area (Å²) in [5.41, 5.74) is 1.27. The normalized spacial score (nSPS) is 9.85. The van der Waals surface area contributed by atoms with Gasteiger partial charge in [0, 0.05) is 17.8 Å². The largest absolute Gasteiger partial charge is 0.417 e. The molecule has 0 radical (unpaired) electrons. The molecule has 2 aromatic rings. The van der Waals surface area contributed by atoms with Gasteiger partial charge in [-0.3, -0.25) is 20.4 Å². The summed E-state index contributed by atoms with van der Waals surface area (Å²) in [6.45, 7) is 1.83. The molecule has 0 saturated heterocycles. The molecule has 1 aromatic heterocycles. The lowest BCUT2D eigenvalue weighted by molar-refractivity contribution is -0.384. The quantitative estimate of drug-likeness (QED) is 0.685. The number of aryl methyl sites for hydroxylation is 1. The molecule has 0 unspecified atom stereocenters. The molecule has 0 saturated carbocycles. The second kappa shape index (κ2) is 5.79. The van der Waals surface area contributed by atoms with Crippen molar-refractivity contribution in [1.82, 2.24) is 4.98 Å². The zero-order chi connectivity index (χ0) is 14.5. The van der Waals surface area contributed by atoms with Gasteiger partial charge in [0.15, 0.2) is 0 Å². The highest BCUT2D eigenvalue weighted by atomic mass is 16.6. The number of nitro benzene ring substituents is 1. The Morgan fingerprint density at radius 2 is 1.95 bits per heavy atom. The number of nitrogens with zero attached hydrogens (tertiary/aromatic N) is 2. The minimum atomic E-state index is -0.690. The van der Waals surface area contributed by atoms with E-state index in [1.54, 1.807) is 12.1 Å². The molecule has 20 heavy (non-hydrogen) atoms. The minimum absolute atomic E-state index is 0.0690. The molecule has 7 heteroatoms. The zero-order valence-corrected chi connectivity index (χ0v) is 10.6. The highest BCUT2D eigenvalue weighted by molar-refractivity contribution is 5.86. The summed E-state index contributed by atoms with van der Waals surface area (Å²) in [5, 5.41) is 13.0. The standard InChI is InChI=1S/C13H11N3O4/c1-9-2-3-10(8-14-9)15-13(17)20-12-6-4-11(5-7-12)16(18)19/h2-8H,1H3,(H,15,17).